The first-order valence-electron chi connectivity index (χ1n) is 11.3. The first-order chi connectivity index (χ1) is 16.5. The van der Waals surface area contributed by atoms with Crippen molar-refractivity contribution in [1.29, 1.82) is 0 Å². The highest BCUT2D eigenvalue weighted by molar-refractivity contribution is 7.80. The van der Waals surface area contributed by atoms with E-state index in [4.69, 9.17) is 23.8 Å². The number of rotatable bonds is 5. The smallest absolute Gasteiger partial charge is 0.170 e. The average Bonchev–Trinajstić information content (AvgIpc) is 3.32. The van der Waals surface area contributed by atoms with Crippen LogP contribution in [0.1, 0.15) is 45.9 Å². The van der Waals surface area contributed by atoms with E-state index in [2.05, 4.69) is 69.8 Å². The van der Waals surface area contributed by atoms with E-state index < -0.39 is 0 Å². The van der Waals surface area contributed by atoms with Crippen LogP contribution in [-0.4, -0.2) is 24.5 Å². The van der Waals surface area contributed by atoms with Crippen LogP contribution >= 0.6 is 23.8 Å². The Hall–Kier alpha value is -3.22. The number of thiocarbonyl (C=S) groups is 1. The molecule has 0 unspecified atom stereocenters. The maximum Gasteiger partial charge on any atom is 0.170 e. The first-order valence-corrected chi connectivity index (χ1v) is 12.1. The Morgan fingerprint density at radius 1 is 1.03 bits per heavy atom. The van der Waals surface area contributed by atoms with Crippen LogP contribution in [0.15, 0.2) is 73.2 Å². The summed E-state index contributed by atoms with van der Waals surface area (Å²) in [5.74, 6) is 0. The minimum atomic E-state index is -0.0696. The molecule has 0 amide bonds. The van der Waals surface area contributed by atoms with E-state index in [1.54, 1.807) is 6.20 Å². The SMILES string of the molecule is Cc1c(Cl)cccc1-n1c(C)cc([C@@H]2[C@H](c3ccccn3)NC(=S)N2Cc2cccnc2)c1C. The second kappa shape index (κ2) is 9.20. The minimum absolute atomic E-state index is 0.0259. The fourth-order valence-corrected chi connectivity index (χ4v) is 5.37. The normalized spacial score (nSPS) is 17.8. The van der Waals surface area contributed by atoms with E-state index in [0.717, 1.165) is 38.9 Å². The zero-order valence-corrected chi connectivity index (χ0v) is 20.9. The lowest BCUT2D eigenvalue weighted by Crippen LogP contribution is -2.29. The highest BCUT2D eigenvalue weighted by Gasteiger charge is 2.41. The zero-order chi connectivity index (χ0) is 23.8. The van der Waals surface area contributed by atoms with Gasteiger partial charge in [0, 0.05) is 47.2 Å². The number of nitrogens with zero attached hydrogens (tertiary/aromatic N) is 4. The monoisotopic (exact) mass is 487 g/mol. The second-order valence-corrected chi connectivity index (χ2v) is 9.46. The topological polar surface area (TPSA) is 46.0 Å². The van der Waals surface area contributed by atoms with Crippen LogP contribution in [0.5, 0.6) is 0 Å². The number of benzene rings is 1. The molecule has 5 rings (SSSR count). The van der Waals surface area contributed by atoms with E-state index in [0.29, 0.717) is 11.7 Å². The number of pyridine rings is 2. The Morgan fingerprint density at radius 2 is 1.88 bits per heavy atom. The van der Waals surface area contributed by atoms with Crippen LogP contribution in [0.2, 0.25) is 5.02 Å². The summed E-state index contributed by atoms with van der Waals surface area (Å²) in [6, 6.07) is 18.3. The molecule has 0 radical (unpaired) electrons. The number of hydrogen-bond acceptors (Lipinski definition) is 3. The van der Waals surface area contributed by atoms with Crippen molar-refractivity contribution in [2.75, 3.05) is 0 Å². The molecule has 0 aliphatic carbocycles. The number of nitrogens with one attached hydrogen (secondary N) is 1. The van der Waals surface area contributed by atoms with Crippen LogP contribution in [0.3, 0.4) is 0 Å². The summed E-state index contributed by atoms with van der Waals surface area (Å²) in [5, 5.41) is 5.03. The van der Waals surface area contributed by atoms with Crippen molar-refractivity contribution in [3.8, 4) is 5.69 Å². The lowest BCUT2D eigenvalue weighted by atomic mass is 9.96. The van der Waals surface area contributed by atoms with Gasteiger partial charge in [-0.15, -0.1) is 0 Å². The molecule has 1 fully saturated rings. The Balaban J connectivity index is 1.64. The van der Waals surface area contributed by atoms with Gasteiger partial charge in [-0.05, 0) is 86.1 Å². The number of aromatic nitrogens is 3. The fraction of sp³-hybridized carbons (Fsp3) is 0.222. The molecule has 4 heterocycles. The number of hydrogen-bond donors (Lipinski definition) is 1. The lowest BCUT2D eigenvalue weighted by molar-refractivity contribution is 0.310. The highest BCUT2D eigenvalue weighted by atomic mass is 35.5. The van der Waals surface area contributed by atoms with Gasteiger partial charge in [0.05, 0.1) is 17.8 Å². The van der Waals surface area contributed by atoms with Crippen LogP contribution in [-0.2, 0) is 6.54 Å². The van der Waals surface area contributed by atoms with E-state index in [1.165, 1.54) is 5.56 Å². The number of halogens is 1. The maximum atomic E-state index is 6.48. The maximum absolute atomic E-state index is 6.48. The predicted octanol–water partition coefficient (Wildman–Crippen LogP) is 6.02. The molecule has 34 heavy (non-hydrogen) atoms. The van der Waals surface area contributed by atoms with Gasteiger partial charge >= 0.3 is 0 Å². The molecule has 1 aliphatic rings. The predicted molar refractivity (Wildman–Crippen MR) is 140 cm³/mol. The van der Waals surface area contributed by atoms with Gasteiger partial charge in [-0.2, -0.15) is 0 Å². The molecule has 1 N–H and O–H groups in total. The van der Waals surface area contributed by atoms with Gasteiger partial charge in [0.25, 0.3) is 0 Å². The molecular weight excluding hydrogens is 462 g/mol. The summed E-state index contributed by atoms with van der Waals surface area (Å²) in [4.78, 5) is 11.2. The molecule has 0 spiro atoms. The molecule has 0 bridgehead atoms. The van der Waals surface area contributed by atoms with Crippen molar-refractivity contribution in [2.45, 2.75) is 39.4 Å². The van der Waals surface area contributed by atoms with E-state index in [-0.39, 0.29) is 12.1 Å². The third-order valence-electron chi connectivity index (χ3n) is 6.54. The molecule has 4 aromatic rings. The molecule has 0 saturated carbocycles. The first kappa shape index (κ1) is 22.6. The van der Waals surface area contributed by atoms with E-state index in [1.807, 2.05) is 42.7 Å². The quantitative estimate of drug-likeness (QED) is 0.349. The summed E-state index contributed by atoms with van der Waals surface area (Å²) in [7, 11) is 0. The zero-order valence-electron chi connectivity index (χ0n) is 19.4. The molecule has 7 heteroatoms. The van der Waals surface area contributed by atoms with Crippen molar-refractivity contribution in [2.24, 2.45) is 0 Å². The molecule has 1 saturated heterocycles. The molecule has 1 aromatic carbocycles. The third kappa shape index (κ3) is 3.97. The van der Waals surface area contributed by atoms with Crippen LogP contribution in [0, 0.1) is 20.8 Å². The van der Waals surface area contributed by atoms with Crippen molar-refractivity contribution >= 4 is 28.9 Å². The van der Waals surface area contributed by atoms with Crippen molar-refractivity contribution in [3.05, 3.63) is 112 Å². The summed E-state index contributed by atoms with van der Waals surface area (Å²) in [6.07, 6.45) is 5.52. The fourth-order valence-electron chi connectivity index (χ4n) is 4.90. The van der Waals surface area contributed by atoms with Crippen LogP contribution < -0.4 is 5.32 Å². The lowest BCUT2D eigenvalue weighted by Gasteiger charge is -2.28. The average molecular weight is 488 g/mol. The van der Waals surface area contributed by atoms with Crippen LogP contribution in [0.4, 0.5) is 0 Å². The van der Waals surface area contributed by atoms with Gasteiger partial charge in [0.1, 0.15) is 0 Å². The molecule has 1 aliphatic heterocycles. The molecule has 5 nitrogen and oxygen atoms in total. The Labute approximate surface area is 210 Å². The minimum Gasteiger partial charge on any atom is -0.352 e. The molecule has 172 valence electrons. The summed E-state index contributed by atoms with van der Waals surface area (Å²) in [5.41, 5.74) is 7.75. The van der Waals surface area contributed by atoms with Crippen molar-refractivity contribution < 1.29 is 0 Å². The van der Waals surface area contributed by atoms with Crippen molar-refractivity contribution in [3.63, 3.8) is 0 Å². The van der Waals surface area contributed by atoms with Crippen molar-refractivity contribution in [1.82, 2.24) is 24.8 Å². The molecular formula is C27H26ClN5S. The second-order valence-electron chi connectivity index (χ2n) is 8.66. The van der Waals surface area contributed by atoms with Crippen LogP contribution in [0.25, 0.3) is 5.69 Å². The van der Waals surface area contributed by atoms with Gasteiger partial charge in [-0.1, -0.05) is 29.8 Å². The van der Waals surface area contributed by atoms with Gasteiger partial charge in [0.2, 0.25) is 0 Å². The molecule has 2 atom stereocenters. The standard InChI is InChI=1S/C27H26ClN5S/c1-17-14-21(19(3)33(17)24-11-6-9-22(28)18(24)2)26-25(23-10-4-5-13-30-23)31-27(34)32(26)16-20-8-7-12-29-15-20/h4-15,25-26H,16H2,1-3H3,(H,31,34)/t25-,26+/m0/s1. The number of aryl methyl sites for hydroxylation is 1. The van der Waals surface area contributed by atoms with Gasteiger partial charge in [-0.25, -0.2) is 0 Å². The van der Waals surface area contributed by atoms with Gasteiger partial charge in [-0.3, -0.25) is 9.97 Å². The largest absolute Gasteiger partial charge is 0.352 e. The third-order valence-corrected chi connectivity index (χ3v) is 7.30. The Bertz CT molecular complexity index is 1340. The van der Waals surface area contributed by atoms with E-state index >= 15 is 0 Å². The summed E-state index contributed by atoms with van der Waals surface area (Å²) >= 11 is 12.3. The Kier molecular flexibility index (Phi) is 6.11. The Morgan fingerprint density at radius 3 is 2.62 bits per heavy atom. The van der Waals surface area contributed by atoms with E-state index in [9.17, 15) is 0 Å². The highest BCUT2D eigenvalue weighted by Crippen LogP contribution is 2.42. The van der Waals surface area contributed by atoms with Gasteiger partial charge < -0.3 is 14.8 Å². The molecule has 3 aromatic heterocycles. The summed E-state index contributed by atoms with van der Waals surface area (Å²) in [6.45, 7) is 7.03. The van der Waals surface area contributed by atoms with Gasteiger partial charge in [0.15, 0.2) is 5.11 Å². The summed E-state index contributed by atoms with van der Waals surface area (Å²) < 4.78 is 2.29.